The molecule has 1 aromatic heterocycles. The van der Waals surface area contributed by atoms with Crippen LogP contribution in [0.4, 0.5) is 4.39 Å². The molecule has 0 saturated carbocycles. The number of nitrogens with one attached hydrogen (secondary N) is 1. The summed E-state index contributed by atoms with van der Waals surface area (Å²) in [5.41, 5.74) is 4.50. The summed E-state index contributed by atoms with van der Waals surface area (Å²) in [6.07, 6.45) is 0.524. The second-order valence-corrected chi connectivity index (χ2v) is 7.81. The van der Waals surface area contributed by atoms with Crippen molar-refractivity contribution in [1.29, 1.82) is 0 Å². The normalized spacial score (nSPS) is 11.6. The quantitative estimate of drug-likeness (QED) is 0.749. The van der Waals surface area contributed by atoms with E-state index in [1.165, 1.54) is 16.8 Å². The van der Waals surface area contributed by atoms with Crippen LogP contribution in [-0.2, 0) is 23.1 Å². The van der Waals surface area contributed by atoms with E-state index in [2.05, 4.69) is 26.2 Å². The molecule has 0 aliphatic rings. The molecule has 1 amide bonds. The Hall–Kier alpha value is -3.02. The molecular formula is C22H24FN3O2. The first kappa shape index (κ1) is 19.7. The summed E-state index contributed by atoms with van der Waals surface area (Å²) >= 11 is 0. The number of para-hydroxylation sites is 1. The van der Waals surface area contributed by atoms with E-state index in [9.17, 15) is 14.0 Å². The number of halogens is 1. The zero-order chi connectivity index (χ0) is 20.5. The first-order valence-corrected chi connectivity index (χ1v) is 9.30. The lowest BCUT2D eigenvalue weighted by Crippen LogP contribution is -2.37. The number of carbonyl (C=O) groups is 1. The molecule has 3 rings (SSSR count). The fourth-order valence-electron chi connectivity index (χ4n) is 3.16. The van der Waals surface area contributed by atoms with E-state index in [1.54, 1.807) is 18.2 Å². The van der Waals surface area contributed by atoms with Crippen molar-refractivity contribution in [3.63, 3.8) is 0 Å². The van der Waals surface area contributed by atoms with Gasteiger partial charge in [-0.2, -0.15) is 0 Å². The largest absolute Gasteiger partial charge is 0.280 e. The first-order valence-electron chi connectivity index (χ1n) is 9.30. The van der Waals surface area contributed by atoms with E-state index >= 15 is 0 Å². The van der Waals surface area contributed by atoms with Gasteiger partial charge < -0.3 is 0 Å². The van der Waals surface area contributed by atoms with Gasteiger partial charge in [-0.05, 0) is 34.7 Å². The van der Waals surface area contributed by atoms with E-state index < -0.39 is 0 Å². The molecule has 0 unspecified atom stereocenters. The molecule has 28 heavy (non-hydrogen) atoms. The summed E-state index contributed by atoms with van der Waals surface area (Å²) in [5, 5.41) is 0.465. The van der Waals surface area contributed by atoms with Crippen molar-refractivity contribution in [2.75, 3.05) is 5.43 Å². The molecule has 0 bridgehead atoms. The van der Waals surface area contributed by atoms with Crippen molar-refractivity contribution in [2.24, 2.45) is 0 Å². The maximum atomic E-state index is 13.1. The summed E-state index contributed by atoms with van der Waals surface area (Å²) in [6, 6.07) is 11.2. The number of nitrogens with zero attached hydrogens (tertiary/aromatic N) is 2. The number of hydrogen-bond donors (Lipinski definition) is 1. The molecule has 0 fully saturated rings. The highest BCUT2D eigenvalue weighted by Gasteiger charge is 2.21. The van der Waals surface area contributed by atoms with Crippen LogP contribution in [0.1, 0.15) is 44.6 Å². The Morgan fingerprint density at radius 2 is 1.82 bits per heavy atom. The van der Waals surface area contributed by atoms with Gasteiger partial charge in [0.1, 0.15) is 11.6 Å². The number of carbonyl (C=O) groups excluding carboxylic acids is 1. The van der Waals surface area contributed by atoms with E-state index in [0.717, 1.165) is 5.56 Å². The lowest BCUT2D eigenvalue weighted by molar-refractivity contribution is -0.116. The van der Waals surface area contributed by atoms with Gasteiger partial charge in [0.05, 0.1) is 17.3 Å². The molecule has 0 spiro atoms. The summed E-state index contributed by atoms with van der Waals surface area (Å²) in [6.45, 7) is 8.11. The highest BCUT2D eigenvalue weighted by atomic mass is 19.1. The SMILES string of the molecule is CCc1nc2c(C(C)(C)C)cccc2c(=O)n1NC(=O)Cc1ccc(F)cc1. The van der Waals surface area contributed by atoms with E-state index in [4.69, 9.17) is 4.98 Å². The third kappa shape index (κ3) is 3.96. The smallest absolute Gasteiger partial charge is 0.273 e. The number of amides is 1. The average Bonchev–Trinajstić information content (AvgIpc) is 2.64. The summed E-state index contributed by atoms with van der Waals surface area (Å²) in [7, 11) is 0. The minimum Gasteiger partial charge on any atom is -0.273 e. The molecule has 1 N–H and O–H groups in total. The van der Waals surface area contributed by atoms with E-state index in [0.29, 0.717) is 28.7 Å². The Bertz CT molecular complexity index is 1080. The van der Waals surface area contributed by atoms with Gasteiger partial charge in [0, 0.05) is 6.42 Å². The van der Waals surface area contributed by atoms with Crippen LogP contribution in [0.15, 0.2) is 47.3 Å². The summed E-state index contributed by atoms with van der Waals surface area (Å²) in [4.78, 5) is 30.2. The fourth-order valence-corrected chi connectivity index (χ4v) is 3.16. The second kappa shape index (κ2) is 7.54. The predicted octanol–water partition coefficient (Wildman–Crippen LogP) is 3.71. The van der Waals surface area contributed by atoms with Crippen LogP contribution in [0.25, 0.3) is 10.9 Å². The molecule has 0 saturated heterocycles. The summed E-state index contributed by atoms with van der Waals surface area (Å²) in [5.74, 6) is -0.236. The zero-order valence-electron chi connectivity index (χ0n) is 16.5. The molecular weight excluding hydrogens is 357 g/mol. The predicted molar refractivity (Wildman–Crippen MR) is 109 cm³/mol. The lowest BCUT2D eigenvalue weighted by atomic mass is 9.85. The van der Waals surface area contributed by atoms with Gasteiger partial charge in [-0.3, -0.25) is 15.0 Å². The van der Waals surface area contributed by atoms with Gasteiger partial charge in [-0.25, -0.2) is 14.1 Å². The topological polar surface area (TPSA) is 64.0 Å². The zero-order valence-corrected chi connectivity index (χ0v) is 16.5. The van der Waals surface area contributed by atoms with Crippen molar-refractivity contribution >= 4 is 16.8 Å². The van der Waals surface area contributed by atoms with E-state index in [-0.39, 0.29) is 29.1 Å². The Balaban J connectivity index is 2.01. The molecule has 3 aromatic rings. The van der Waals surface area contributed by atoms with Crippen molar-refractivity contribution < 1.29 is 9.18 Å². The molecule has 0 radical (unpaired) electrons. The Labute approximate surface area is 163 Å². The third-order valence-electron chi connectivity index (χ3n) is 4.61. The minimum absolute atomic E-state index is 0.0376. The number of fused-ring (bicyclic) bond motifs is 1. The number of benzene rings is 2. The van der Waals surface area contributed by atoms with Crippen molar-refractivity contribution in [3.05, 3.63) is 75.6 Å². The Morgan fingerprint density at radius 3 is 2.43 bits per heavy atom. The number of hydrogen-bond acceptors (Lipinski definition) is 3. The summed E-state index contributed by atoms with van der Waals surface area (Å²) < 4.78 is 14.3. The Kier molecular flexibility index (Phi) is 5.31. The molecule has 5 nitrogen and oxygen atoms in total. The van der Waals surface area contributed by atoms with Crippen molar-refractivity contribution in [3.8, 4) is 0 Å². The van der Waals surface area contributed by atoms with Gasteiger partial charge in [0.2, 0.25) is 5.91 Å². The first-order chi connectivity index (χ1) is 13.2. The highest BCUT2D eigenvalue weighted by Crippen LogP contribution is 2.27. The van der Waals surface area contributed by atoms with Crippen LogP contribution in [0, 0.1) is 5.82 Å². The second-order valence-electron chi connectivity index (χ2n) is 7.81. The minimum atomic E-state index is -0.364. The van der Waals surface area contributed by atoms with Crippen LogP contribution < -0.4 is 11.0 Å². The Morgan fingerprint density at radius 1 is 1.14 bits per heavy atom. The molecule has 0 atom stereocenters. The lowest BCUT2D eigenvalue weighted by Gasteiger charge is -2.22. The van der Waals surface area contributed by atoms with Crippen molar-refractivity contribution in [1.82, 2.24) is 9.66 Å². The molecule has 6 heteroatoms. The van der Waals surface area contributed by atoms with Crippen LogP contribution >= 0.6 is 0 Å². The molecule has 0 aliphatic carbocycles. The van der Waals surface area contributed by atoms with Gasteiger partial charge in [-0.15, -0.1) is 0 Å². The number of aromatic nitrogens is 2. The maximum absolute atomic E-state index is 13.1. The monoisotopic (exact) mass is 381 g/mol. The van der Waals surface area contributed by atoms with Gasteiger partial charge in [0.25, 0.3) is 5.56 Å². The van der Waals surface area contributed by atoms with Gasteiger partial charge in [-0.1, -0.05) is 52.0 Å². The van der Waals surface area contributed by atoms with Gasteiger partial charge >= 0.3 is 0 Å². The number of rotatable bonds is 4. The third-order valence-corrected chi connectivity index (χ3v) is 4.61. The maximum Gasteiger partial charge on any atom is 0.280 e. The average molecular weight is 381 g/mol. The van der Waals surface area contributed by atoms with Crippen LogP contribution in [-0.4, -0.2) is 15.6 Å². The molecule has 1 heterocycles. The molecule has 146 valence electrons. The van der Waals surface area contributed by atoms with Crippen molar-refractivity contribution in [2.45, 2.75) is 46.0 Å². The van der Waals surface area contributed by atoms with Crippen LogP contribution in [0.3, 0.4) is 0 Å². The van der Waals surface area contributed by atoms with Crippen LogP contribution in [0.5, 0.6) is 0 Å². The fraction of sp³-hybridized carbons (Fsp3) is 0.318. The number of aryl methyl sites for hydroxylation is 1. The van der Waals surface area contributed by atoms with E-state index in [1.807, 2.05) is 19.1 Å². The molecule has 2 aromatic carbocycles. The van der Waals surface area contributed by atoms with Gasteiger partial charge in [0.15, 0.2) is 0 Å². The highest BCUT2D eigenvalue weighted by molar-refractivity contribution is 5.87. The van der Waals surface area contributed by atoms with Crippen LogP contribution in [0.2, 0.25) is 0 Å². The molecule has 0 aliphatic heterocycles. The standard InChI is InChI=1S/C22H24FN3O2/c1-5-18-24-20-16(7-6-8-17(20)22(2,3)4)21(28)26(18)25-19(27)13-14-9-11-15(23)12-10-14/h6-12H,5,13H2,1-4H3,(H,25,27).